The number of fused-ring (bicyclic) bond motifs is 1. The molecule has 1 amide bonds. The molecule has 1 atom stereocenters. The van der Waals surface area contributed by atoms with Gasteiger partial charge in [0, 0.05) is 23.8 Å². The number of amides is 1. The third-order valence-corrected chi connectivity index (χ3v) is 10.0. The van der Waals surface area contributed by atoms with Crippen LogP contribution in [0.3, 0.4) is 0 Å². The first kappa shape index (κ1) is 26.9. The first-order valence-corrected chi connectivity index (χ1v) is 14.8. The van der Waals surface area contributed by atoms with E-state index in [1.807, 2.05) is 0 Å². The summed E-state index contributed by atoms with van der Waals surface area (Å²) in [6.45, 7) is 3.94. The van der Waals surface area contributed by atoms with Crippen molar-refractivity contribution in [2.24, 2.45) is 0 Å². The van der Waals surface area contributed by atoms with Crippen molar-refractivity contribution in [3.05, 3.63) is 77.8 Å². The maximum atomic E-state index is 13.5. The molecule has 1 aliphatic heterocycles. The Morgan fingerprint density at radius 2 is 1.54 bits per heavy atom. The predicted octanol–water partition coefficient (Wildman–Crippen LogP) is 3.97. The van der Waals surface area contributed by atoms with E-state index < -0.39 is 32.1 Å². The number of rotatable bonds is 8. The zero-order valence-corrected chi connectivity index (χ0v) is 22.6. The van der Waals surface area contributed by atoms with Gasteiger partial charge in [0.1, 0.15) is 5.75 Å². The van der Waals surface area contributed by atoms with E-state index in [9.17, 15) is 21.6 Å². The molecule has 0 saturated heterocycles. The fourth-order valence-electron chi connectivity index (χ4n) is 3.95. The monoisotopic (exact) mass is 563 g/mol. The molecule has 0 saturated carbocycles. The highest BCUT2D eigenvalue weighted by Gasteiger charge is 2.37. The number of ether oxygens (including phenoxy) is 1. The molecule has 12 heteroatoms. The molecule has 3 aromatic rings. The van der Waals surface area contributed by atoms with Crippen molar-refractivity contribution < 1.29 is 26.4 Å². The van der Waals surface area contributed by atoms with E-state index in [0.717, 1.165) is 4.31 Å². The molecule has 0 bridgehead atoms. The third-order valence-electron chi connectivity index (χ3n) is 5.89. The third kappa shape index (κ3) is 5.45. The van der Waals surface area contributed by atoms with Gasteiger partial charge in [-0.1, -0.05) is 37.6 Å². The largest absolute Gasteiger partial charge is 0.476 e. The van der Waals surface area contributed by atoms with Gasteiger partial charge in [0.05, 0.1) is 22.0 Å². The Morgan fingerprint density at radius 3 is 2.16 bits per heavy atom. The van der Waals surface area contributed by atoms with Crippen LogP contribution in [0.15, 0.2) is 82.6 Å². The normalized spacial score (nSPS) is 15.7. The van der Waals surface area contributed by atoms with E-state index in [4.69, 9.17) is 16.3 Å². The van der Waals surface area contributed by atoms with E-state index in [0.29, 0.717) is 29.5 Å². The standard InChI is InChI=1S/C25H26ClN3O6S2/c1-3-28(4-2)36(31,32)20-15-11-19(12-16-20)27-25(30)24-17-29(22-7-5-6-8-23(22)35-24)37(33,34)21-13-9-18(26)10-14-21/h5-16,24H,3-4,17H2,1-2H3,(H,27,30). The summed E-state index contributed by atoms with van der Waals surface area (Å²) in [5.41, 5.74) is 0.658. The number of sulfonamides is 2. The minimum Gasteiger partial charge on any atom is -0.476 e. The van der Waals surface area contributed by atoms with E-state index in [1.165, 1.54) is 52.8 Å². The van der Waals surface area contributed by atoms with Crippen molar-refractivity contribution in [1.29, 1.82) is 0 Å². The second-order valence-corrected chi connectivity index (χ2v) is 12.4. The summed E-state index contributed by atoms with van der Waals surface area (Å²) >= 11 is 5.92. The predicted molar refractivity (Wildman–Crippen MR) is 142 cm³/mol. The van der Waals surface area contributed by atoms with Gasteiger partial charge < -0.3 is 10.1 Å². The number of para-hydroxylation sites is 2. The zero-order valence-electron chi connectivity index (χ0n) is 20.2. The molecule has 0 spiro atoms. The molecule has 1 N–H and O–H groups in total. The van der Waals surface area contributed by atoms with Crippen molar-refractivity contribution in [3.63, 3.8) is 0 Å². The highest BCUT2D eigenvalue weighted by Crippen LogP contribution is 2.37. The second kappa shape index (κ2) is 10.7. The number of carbonyl (C=O) groups is 1. The number of anilines is 2. The van der Waals surface area contributed by atoms with Crippen LogP contribution < -0.4 is 14.4 Å². The van der Waals surface area contributed by atoms with Crippen LogP contribution in [-0.2, 0) is 24.8 Å². The Bertz CT molecular complexity index is 1490. The van der Waals surface area contributed by atoms with E-state index >= 15 is 0 Å². The summed E-state index contributed by atoms with van der Waals surface area (Å²) in [7, 11) is -7.66. The maximum Gasteiger partial charge on any atom is 0.267 e. The SMILES string of the molecule is CCN(CC)S(=O)(=O)c1ccc(NC(=O)C2CN(S(=O)(=O)c3ccc(Cl)cc3)c3ccccc3O2)cc1. The number of nitrogens with zero attached hydrogens (tertiary/aromatic N) is 2. The molecule has 0 aromatic heterocycles. The minimum absolute atomic E-state index is 0.0257. The molecule has 1 heterocycles. The highest BCUT2D eigenvalue weighted by molar-refractivity contribution is 7.92. The van der Waals surface area contributed by atoms with Gasteiger partial charge in [0.2, 0.25) is 10.0 Å². The van der Waals surface area contributed by atoms with Crippen LogP contribution in [-0.4, -0.2) is 52.8 Å². The number of benzene rings is 3. The van der Waals surface area contributed by atoms with Gasteiger partial charge in [0.25, 0.3) is 15.9 Å². The molecular formula is C25H26ClN3O6S2. The average molecular weight is 564 g/mol. The lowest BCUT2D eigenvalue weighted by atomic mass is 10.2. The lowest BCUT2D eigenvalue weighted by molar-refractivity contribution is -0.122. The van der Waals surface area contributed by atoms with E-state index in [1.54, 1.807) is 38.1 Å². The molecule has 196 valence electrons. The smallest absolute Gasteiger partial charge is 0.267 e. The van der Waals surface area contributed by atoms with Gasteiger partial charge >= 0.3 is 0 Å². The fourth-order valence-corrected chi connectivity index (χ4v) is 7.01. The Kier molecular flexibility index (Phi) is 7.79. The van der Waals surface area contributed by atoms with Gasteiger partial charge in [-0.05, 0) is 60.7 Å². The maximum absolute atomic E-state index is 13.5. The van der Waals surface area contributed by atoms with E-state index in [-0.39, 0.29) is 22.1 Å². The second-order valence-electron chi connectivity index (χ2n) is 8.17. The Labute approximate surface area is 221 Å². The molecule has 0 fully saturated rings. The molecule has 9 nitrogen and oxygen atoms in total. The molecular weight excluding hydrogens is 538 g/mol. The Balaban J connectivity index is 1.57. The molecule has 4 rings (SSSR count). The van der Waals surface area contributed by atoms with Gasteiger partial charge in [-0.2, -0.15) is 4.31 Å². The first-order valence-electron chi connectivity index (χ1n) is 11.5. The Hall–Kier alpha value is -3.12. The fraction of sp³-hybridized carbons (Fsp3) is 0.240. The van der Waals surface area contributed by atoms with Crippen molar-refractivity contribution in [1.82, 2.24) is 4.31 Å². The van der Waals surface area contributed by atoms with Crippen LogP contribution in [0.1, 0.15) is 13.8 Å². The van der Waals surface area contributed by atoms with Crippen molar-refractivity contribution >= 4 is 48.9 Å². The summed E-state index contributed by atoms with van der Waals surface area (Å²) in [5, 5.41) is 3.08. The van der Waals surface area contributed by atoms with Crippen LogP contribution in [0, 0.1) is 0 Å². The molecule has 3 aromatic carbocycles. The summed E-state index contributed by atoms with van der Waals surface area (Å²) in [4.78, 5) is 13.2. The number of nitrogens with one attached hydrogen (secondary N) is 1. The van der Waals surface area contributed by atoms with E-state index in [2.05, 4.69) is 5.32 Å². The van der Waals surface area contributed by atoms with Crippen LogP contribution in [0.4, 0.5) is 11.4 Å². The quantitative estimate of drug-likeness (QED) is 0.444. The number of halogens is 1. The van der Waals surface area contributed by atoms with Crippen LogP contribution in [0.25, 0.3) is 0 Å². The number of hydrogen-bond acceptors (Lipinski definition) is 6. The molecule has 0 radical (unpaired) electrons. The van der Waals surface area contributed by atoms with Crippen LogP contribution in [0.5, 0.6) is 5.75 Å². The molecule has 1 unspecified atom stereocenters. The summed E-state index contributed by atoms with van der Waals surface area (Å²) in [6.07, 6.45) is -1.16. The molecule has 37 heavy (non-hydrogen) atoms. The van der Waals surface area contributed by atoms with Crippen molar-refractivity contribution in [2.45, 2.75) is 29.7 Å². The average Bonchev–Trinajstić information content (AvgIpc) is 2.89. The van der Waals surface area contributed by atoms with Crippen molar-refractivity contribution in [3.8, 4) is 5.75 Å². The summed E-state index contributed by atoms with van der Waals surface area (Å²) in [5.74, 6) is -0.336. The van der Waals surface area contributed by atoms with Gasteiger partial charge in [-0.3, -0.25) is 9.10 Å². The lowest BCUT2D eigenvalue weighted by Crippen LogP contribution is -2.48. The summed E-state index contributed by atoms with van der Waals surface area (Å²) < 4.78 is 60.6. The van der Waals surface area contributed by atoms with Gasteiger partial charge in [0.15, 0.2) is 6.10 Å². The van der Waals surface area contributed by atoms with Gasteiger partial charge in [-0.15, -0.1) is 0 Å². The van der Waals surface area contributed by atoms with Gasteiger partial charge in [-0.25, -0.2) is 16.8 Å². The van der Waals surface area contributed by atoms with Crippen LogP contribution >= 0.6 is 11.6 Å². The molecule has 0 aliphatic carbocycles. The molecule has 1 aliphatic rings. The minimum atomic E-state index is -4.02. The summed E-state index contributed by atoms with van der Waals surface area (Å²) in [6, 6.07) is 18.1. The van der Waals surface area contributed by atoms with Crippen molar-refractivity contribution in [2.75, 3.05) is 29.3 Å². The highest BCUT2D eigenvalue weighted by atomic mass is 35.5. The lowest BCUT2D eigenvalue weighted by Gasteiger charge is -2.34. The number of carbonyl (C=O) groups excluding carboxylic acids is 1. The zero-order chi connectivity index (χ0) is 26.8. The Morgan fingerprint density at radius 1 is 0.946 bits per heavy atom. The topological polar surface area (TPSA) is 113 Å². The number of hydrogen-bond donors (Lipinski definition) is 1. The van der Waals surface area contributed by atoms with Crippen LogP contribution in [0.2, 0.25) is 5.02 Å². The first-order chi connectivity index (χ1) is 17.6.